The Hall–Kier alpha value is -2.43. The third-order valence-electron chi connectivity index (χ3n) is 4.34. The van der Waals surface area contributed by atoms with Crippen molar-refractivity contribution in [2.75, 3.05) is 6.61 Å². The zero-order valence-electron chi connectivity index (χ0n) is 16.2. The number of benzene rings is 1. The highest BCUT2D eigenvalue weighted by atomic mass is 16.5. The highest BCUT2D eigenvalue weighted by Crippen LogP contribution is 2.31. The predicted molar refractivity (Wildman–Crippen MR) is 106 cm³/mol. The molecule has 2 heterocycles. The van der Waals surface area contributed by atoms with E-state index >= 15 is 0 Å². The Balaban J connectivity index is 2.33. The van der Waals surface area contributed by atoms with E-state index < -0.39 is 0 Å². The Morgan fingerprint density at radius 2 is 1.96 bits per heavy atom. The summed E-state index contributed by atoms with van der Waals surface area (Å²) in [6.07, 6.45) is 2.82. The Labute approximate surface area is 154 Å². The Kier molecular flexibility index (Phi) is 5.25. The van der Waals surface area contributed by atoms with Crippen molar-refractivity contribution in [2.24, 2.45) is 16.8 Å². The number of rotatable bonds is 4. The Morgan fingerprint density at radius 1 is 1.23 bits per heavy atom. The van der Waals surface area contributed by atoms with Gasteiger partial charge in [-0.05, 0) is 37.3 Å². The van der Waals surface area contributed by atoms with Crippen LogP contribution in [0.5, 0.6) is 0 Å². The Bertz CT molecular complexity index is 922. The molecule has 138 valence electrons. The van der Waals surface area contributed by atoms with Gasteiger partial charge in [0.05, 0.1) is 17.5 Å². The van der Waals surface area contributed by atoms with Crippen LogP contribution in [0.4, 0.5) is 0 Å². The number of allylic oxidation sites excluding steroid dienone is 1. The lowest BCUT2D eigenvalue weighted by Gasteiger charge is -2.29. The quantitative estimate of drug-likeness (QED) is 0.817. The number of para-hydroxylation sites is 1. The van der Waals surface area contributed by atoms with Crippen LogP contribution in [0.15, 0.2) is 40.1 Å². The van der Waals surface area contributed by atoms with Crippen LogP contribution in [0.2, 0.25) is 0 Å². The van der Waals surface area contributed by atoms with Crippen LogP contribution in [0, 0.1) is 11.8 Å². The first-order valence-electron chi connectivity index (χ1n) is 9.37. The van der Waals surface area contributed by atoms with Gasteiger partial charge in [0.25, 0.3) is 5.56 Å². The largest absolute Gasteiger partial charge is 0.480 e. The second-order valence-corrected chi connectivity index (χ2v) is 7.45. The fourth-order valence-electron chi connectivity index (χ4n) is 3.33. The third kappa shape index (κ3) is 3.43. The van der Waals surface area contributed by atoms with Gasteiger partial charge in [-0.25, -0.2) is 9.98 Å². The van der Waals surface area contributed by atoms with E-state index in [4.69, 9.17) is 14.7 Å². The number of hydrogen-bond donors (Lipinski definition) is 0. The molecule has 0 radical (unpaired) electrons. The van der Waals surface area contributed by atoms with Gasteiger partial charge < -0.3 is 4.74 Å². The second kappa shape index (κ2) is 7.44. The number of fused-ring (bicyclic) bond motifs is 2. The zero-order chi connectivity index (χ0) is 18.8. The van der Waals surface area contributed by atoms with Gasteiger partial charge in [0.2, 0.25) is 5.90 Å². The minimum Gasteiger partial charge on any atom is -0.480 e. The third-order valence-corrected chi connectivity index (χ3v) is 4.34. The highest BCUT2D eigenvalue weighted by molar-refractivity contribution is 5.90. The average molecular weight is 353 g/mol. The van der Waals surface area contributed by atoms with Crippen LogP contribution in [-0.4, -0.2) is 22.1 Å². The predicted octanol–water partition coefficient (Wildman–Crippen LogP) is 4.43. The van der Waals surface area contributed by atoms with Crippen LogP contribution >= 0.6 is 0 Å². The summed E-state index contributed by atoms with van der Waals surface area (Å²) in [6, 6.07) is 7.27. The number of nitrogens with zero attached hydrogens (tertiary/aromatic N) is 3. The summed E-state index contributed by atoms with van der Waals surface area (Å²) in [5.74, 6) is 1.93. The van der Waals surface area contributed by atoms with E-state index in [0.717, 1.165) is 6.42 Å². The molecule has 1 aromatic heterocycles. The molecule has 3 rings (SSSR count). The van der Waals surface area contributed by atoms with Crippen molar-refractivity contribution >= 4 is 22.5 Å². The van der Waals surface area contributed by atoms with Gasteiger partial charge in [0, 0.05) is 0 Å². The molecule has 1 aliphatic rings. The average Bonchev–Trinajstić information content (AvgIpc) is 2.57. The Morgan fingerprint density at radius 3 is 2.62 bits per heavy atom. The van der Waals surface area contributed by atoms with Crippen LogP contribution in [0.25, 0.3) is 16.6 Å². The van der Waals surface area contributed by atoms with Gasteiger partial charge >= 0.3 is 0 Å². The van der Waals surface area contributed by atoms with E-state index in [-0.39, 0.29) is 17.5 Å². The standard InChI is InChI=1S/C21H27N3O2/c1-6-26-20-18(12-14(4)5)24-19(17(23-20)11-13(2)3)22-16-10-8-7-9-15(16)21(24)25/h7-11,13-14,18H,6,12H2,1-5H3/b17-11-. The van der Waals surface area contributed by atoms with Crippen molar-refractivity contribution in [2.45, 2.75) is 47.1 Å². The first-order valence-corrected chi connectivity index (χ1v) is 9.37. The molecule has 26 heavy (non-hydrogen) atoms. The monoisotopic (exact) mass is 353 g/mol. The minimum atomic E-state index is -0.223. The summed E-state index contributed by atoms with van der Waals surface area (Å²) in [4.78, 5) is 22.9. The van der Waals surface area contributed by atoms with Crippen molar-refractivity contribution in [1.82, 2.24) is 9.55 Å². The van der Waals surface area contributed by atoms with Gasteiger partial charge in [-0.15, -0.1) is 0 Å². The molecule has 1 atom stereocenters. The highest BCUT2D eigenvalue weighted by Gasteiger charge is 2.31. The number of ether oxygens (including phenoxy) is 1. The lowest BCUT2D eigenvalue weighted by Crippen LogP contribution is -2.37. The molecule has 2 aromatic rings. The van der Waals surface area contributed by atoms with E-state index in [1.807, 2.05) is 37.3 Å². The molecule has 0 spiro atoms. The molecule has 0 saturated carbocycles. The first kappa shape index (κ1) is 18.4. The molecular weight excluding hydrogens is 326 g/mol. The maximum atomic E-state index is 13.3. The van der Waals surface area contributed by atoms with Gasteiger partial charge in [-0.2, -0.15) is 0 Å². The minimum absolute atomic E-state index is 0.0296. The second-order valence-electron chi connectivity index (χ2n) is 7.45. The fourth-order valence-corrected chi connectivity index (χ4v) is 3.33. The van der Waals surface area contributed by atoms with Gasteiger partial charge in [-0.3, -0.25) is 9.36 Å². The summed E-state index contributed by atoms with van der Waals surface area (Å²) < 4.78 is 7.64. The number of hydrogen-bond acceptors (Lipinski definition) is 4. The first-order chi connectivity index (χ1) is 12.4. The molecule has 0 aliphatic carbocycles. The molecular formula is C21H27N3O2. The lowest BCUT2D eigenvalue weighted by atomic mass is 10.0. The normalized spacial score (nSPS) is 18.5. The lowest BCUT2D eigenvalue weighted by molar-refractivity contribution is 0.284. The maximum Gasteiger partial charge on any atom is 0.262 e. The van der Waals surface area contributed by atoms with E-state index in [1.54, 1.807) is 4.57 Å². The van der Waals surface area contributed by atoms with Crippen LogP contribution in [0.1, 0.15) is 52.9 Å². The number of aromatic nitrogens is 2. The van der Waals surface area contributed by atoms with E-state index in [9.17, 15) is 4.79 Å². The van der Waals surface area contributed by atoms with Crippen LogP contribution in [-0.2, 0) is 4.74 Å². The van der Waals surface area contributed by atoms with E-state index in [1.165, 1.54) is 0 Å². The van der Waals surface area contributed by atoms with E-state index in [2.05, 4.69) is 27.7 Å². The molecule has 1 unspecified atom stereocenters. The number of aliphatic imine (C=N–C) groups is 1. The van der Waals surface area contributed by atoms with Crippen molar-refractivity contribution in [3.8, 4) is 0 Å². The SMILES string of the molecule is CCOC1=N/C(=C\C(C)C)c2nc3ccccc3c(=O)n2C1CC(C)C. The van der Waals surface area contributed by atoms with Crippen molar-refractivity contribution in [1.29, 1.82) is 0 Å². The van der Waals surface area contributed by atoms with Gasteiger partial charge in [0.15, 0.2) is 5.82 Å². The smallest absolute Gasteiger partial charge is 0.262 e. The molecule has 5 nitrogen and oxygen atoms in total. The molecule has 0 fully saturated rings. The molecule has 5 heteroatoms. The van der Waals surface area contributed by atoms with Crippen molar-refractivity contribution in [3.63, 3.8) is 0 Å². The molecule has 1 aliphatic heterocycles. The topological polar surface area (TPSA) is 56.5 Å². The van der Waals surface area contributed by atoms with Crippen LogP contribution in [0.3, 0.4) is 0 Å². The van der Waals surface area contributed by atoms with Crippen molar-refractivity contribution in [3.05, 3.63) is 46.5 Å². The molecule has 0 amide bonds. The summed E-state index contributed by atoms with van der Waals surface area (Å²) in [5, 5.41) is 0.631. The zero-order valence-corrected chi connectivity index (χ0v) is 16.2. The molecule has 1 aromatic carbocycles. The molecule has 0 N–H and O–H groups in total. The van der Waals surface area contributed by atoms with Gasteiger partial charge in [-0.1, -0.05) is 45.9 Å². The summed E-state index contributed by atoms with van der Waals surface area (Å²) in [5.41, 5.74) is 1.39. The van der Waals surface area contributed by atoms with E-state index in [0.29, 0.717) is 40.8 Å². The molecule has 0 saturated heterocycles. The summed E-state index contributed by atoms with van der Waals surface area (Å²) in [7, 11) is 0. The van der Waals surface area contributed by atoms with Gasteiger partial charge in [0.1, 0.15) is 11.7 Å². The summed E-state index contributed by atoms with van der Waals surface area (Å²) in [6.45, 7) is 10.9. The molecule has 0 bridgehead atoms. The maximum absolute atomic E-state index is 13.3. The van der Waals surface area contributed by atoms with Crippen LogP contribution < -0.4 is 5.56 Å². The fraction of sp³-hybridized carbons (Fsp3) is 0.476. The van der Waals surface area contributed by atoms with Crippen molar-refractivity contribution < 1.29 is 4.74 Å². The summed E-state index contributed by atoms with van der Waals surface area (Å²) >= 11 is 0.